The number of carbonyl (C=O) groups excluding carboxylic acids is 2. The monoisotopic (exact) mass is 538 g/mol. The van der Waals surface area contributed by atoms with E-state index < -0.39 is 0 Å². The lowest BCUT2D eigenvalue weighted by Gasteiger charge is -2.32. The Morgan fingerprint density at radius 3 is 2.40 bits per heavy atom. The van der Waals surface area contributed by atoms with Crippen LogP contribution in [0.5, 0.6) is 0 Å². The summed E-state index contributed by atoms with van der Waals surface area (Å²) < 4.78 is 0. The van der Waals surface area contributed by atoms with Crippen LogP contribution in [0.2, 0.25) is 0 Å². The second-order valence-corrected chi connectivity index (χ2v) is 8.12. The number of hydrogen-bond acceptors (Lipinski definition) is 4. The molecule has 1 saturated heterocycles. The van der Waals surface area contributed by atoms with Gasteiger partial charge in [-0.1, -0.05) is 33.1 Å². The highest BCUT2D eigenvalue weighted by Gasteiger charge is 2.21. The van der Waals surface area contributed by atoms with Crippen molar-refractivity contribution in [3.63, 3.8) is 0 Å². The van der Waals surface area contributed by atoms with E-state index in [1.165, 1.54) is 19.3 Å². The lowest BCUT2D eigenvalue weighted by Crippen LogP contribution is -2.50. The van der Waals surface area contributed by atoms with Gasteiger partial charge in [-0.25, -0.2) is 4.99 Å². The van der Waals surface area contributed by atoms with Crippen LogP contribution in [0, 0.1) is 5.92 Å². The molecule has 0 radical (unpaired) electrons. The van der Waals surface area contributed by atoms with Gasteiger partial charge in [0, 0.05) is 46.8 Å². The summed E-state index contributed by atoms with van der Waals surface area (Å²) in [6, 6.07) is 0.298. The first-order chi connectivity index (χ1) is 13.9. The highest BCUT2D eigenvalue weighted by Crippen LogP contribution is 2.12. The maximum atomic E-state index is 12.0. The van der Waals surface area contributed by atoms with Crippen molar-refractivity contribution in [2.45, 2.75) is 58.4 Å². The summed E-state index contributed by atoms with van der Waals surface area (Å²) in [5, 5.41) is 9.66. The van der Waals surface area contributed by atoms with Crippen LogP contribution in [0.15, 0.2) is 4.99 Å². The summed E-state index contributed by atoms with van der Waals surface area (Å²) in [7, 11) is 5.17. The fraction of sp³-hybridized carbons (Fsp3) is 0.857. The number of aliphatic imine (C=N–C) groups is 1. The Bertz CT molecular complexity index is 522. The van der Waals surface area contributed by atoms with Crippen molar-refractivity contribution in [2.24, 2.45) is 10.9 Å². The number of likely N-dealkylation sites (tertiary alicyclic amines) is 1. The van der Waals surface area contributed by atoms with E-state index >= 15 is 0 Å². The molecule has 1 atom stereocenters. The second-order valence-electron chi connectivity index (χ2n) is 8.12. The molecule has 0 saturated carbocycles. The minimum absolute atomic E-state index is 0. The standard InChI is InChI=1S/C21H42N6O2.HI/c1-6-8-9-17(7-2)14-23-21(24-15-20(29)26(4)5)25-18-10-12-27(13-11-18)16-19(28)22-3;/h17-18H,6-16H2,1-5H3,(H,22,28)(H2,23,24,25);1H. The van der Waals surface area contributed by atoms with Crippen molar-refractivity contribution < 1.29 is 9.59 Å². The zero-order chi connectivity index (χ0) is 21.6. The van der Waals surface area contributed by atoms with Crippen LogP contribution >= 0.6 is 24.0 Å². The first-order valence-corrected chi connectivity index (χ1v) is 11.1. The number of nitrogens with zero attached hydrogens (tertiary/aromatic N) is 3. The number of rotatable bonds is 11. The summed E-state index contributed by atoms with van der Waals surface area (Å²) in [5.74, 6) is 1.38. The van der Waals surface area contributed by atoms with E-state index in [0.29, 0.717) is 18.5 Å². The van der Waals surface area contributed by atoms with Gasteiger partial charge in [0.15, 0.2) is 5.96 Å². The molecule has 1 heterocycles. The summed E-state index contributed by atoms with van der Waals surface area (Å²) in [4.78, 5) is 31.8. The highest BCUT2D eigenvalue weighted by molar-refractivity contribution is 14.0. The highest BCUT2D eigenvalue weighted by atomic mass is 127. The molecule has 1 unspecified atom stereocenters. The molecular formula is C21H43IN6O2. The second kappa shape index (κ2) is 16.6. The first-order valence-electron chi connectivity index (χ1n) is 11.1. The topological polar surface area (TPSA) is 89.1 Å². The van der Waals surface area contributed by atoms with Gasteiger partial charge in [-0.3, -0.25) is 14.5 Å². The van der Waals surface area contributed by atoms with Gasteiger partial charge in [0.05, 0.1) is 6.54 Å². The van der Waals surface area contributed by atoms with Gasteiger partial charge in [-0.2, -0.15) is 0 Å². The smallest absolute Gasteiger partial charge is 0.243 e. The zero-order valence-electron chi connectivity index (χ0n) is 19.5. The lowest BCUT2D eigenvalue weighted by molar-refractivity contribution is -0.127. The molecule has 8 nitrogen and oxygen atoms in total. The minimum atomic E-state index is -0.00970. The molecule has 1 aliphatic rings. The van der Waals surface area contributed by atoms with Crippen LogP contribution in [0.25, 0.3) is 0 Å². The van der Waals surface area contributed by atoms with Gasteiger partial charge in [-0.15, -0.1) is 24.0 Å². The molecule has 0 aromatic rings. The molecule has 1 fully saturated rings. The van der Waals surface area contributed by atoms with Gasteiger partial charge in [0.2, 0.25) is 11.8 Å². The normalized spacial score (nSPS) is 16.4. The van der Waals surface area contributed by atoms with E-state index in [0.717, 1.165) is 44.9 Å². The molecule has 9 heteroatoms. The number of piperidine rings is 1. The summed E-state index contributed by atoms with van der Waals surface area (Å²) in [5.41, 5.74) is 0. The Hall–Kier alpha value is -1.10. The Kier molecular flexibility index (Phi) is 16.0. The van der Waals surface area contributed by atoms with Crippen LogP contribution in [0.1, 0.15) is 52.4 Å². The van der Waals surface area contributed by atoms with Crippen molar-refractivity contribution in [1.29, 1.82) is 0 Å². The average molecular weight is 539 g/mol. The Morgan fingerprint density at radius 2 is 1.87 bits per heavy atom. The largest absolute Gasteiger partial charge is 0.358 e. The van der Waals surface area contributed by atoms with Gasteiger partial charge < -0.3 is 20.9 Å². The molecule has 0 aromatic heterocycles. The Balaban J connectivity index is 0.00000841. The molecule has 30 heavy (non-hydrogen) atoms. The van der Waals surface area contributed by atoms with Crippen LogP contribution in [0.3, 0.4) is 0 Å². The predicted octanol–water partition coefficient (Wildman–Crippen LogP) is 1.65. The summed E-state index contributed by atoms with van der Waals surface area (Å²) in [6.07, 6.45) is 6.69. The van der Waals surface area contributed by atoms with E-state index in [2.05, 4.69) is 39.7 Å². The molecule has 1 rings (SSSR count). The summed E-state index contributed by atoms with van der Waals surface area (Å²) >= 11 is 0. The number of carbonyl (C=O) groups is 2. The molecule has 2 amide bonds. The number of nitrogens with one attached hydrogen (secondary N) is 3. The quantitative estimate of drug-likeness (QED) is 0.212. The van der Waals surface area contributed by atoms with Crippen LogP contribution in [-0.2, 0) is 9.59 Å². The number of hydrogen-bond donors (Lipinski definition) is 3. The van der Waals surface area contributed by atoms with Gasteiger partial charge in [-0.05, 0) is 25.2 Å². The Morgan fingerprint density at radius 1 is 1.20 bits per heavy atom. The van der Waals surface area contributed by atoms with E-state index in [1.807, 2.05) is 0 Å². The third-order valence-electron chi connectivity index (χ3n) is 5.55. The molecule has 0 spiro atoms. The average Bonchev–Trinajstić information content (AvgIpc) is 2.72. The van der Waals surface area contributed by atoms with Crippen molar-refractivity contribution in [1.82, 2.24) is 25.8 Å². The van der Waals surface area contributed by atoms with Crippen LogP contribution < -0.4 is 16.0 Å². The molecule has 3 N–H and O–H groups in total. The van der Waals surface area contributed by atoms with E-state index in [4.69, 9.17) is 0 Å². The van der Waals surface area contributed by atoms with E-state index in [9.17, 15) is 9.59 Å². The molecule has 0 aliphatic carbocycles. The van der Waals surface area contributed by atoms with Crippen molar-refractivity contribution in [3.05, 3.63) is 0 Å². The van der Waals surface area contributed by atoms with Gasteiger partial charge in [0.1, 0.15) is 6.54 Å². The molecule has 176 valence electrons. The van der Waals surface area contributed by atoms with Gasteiger partial charge in [0.25, 0.3) is 0 Å². The Labute approximate surface area is 200 Å². The van der Waals surface area contributed by atoms with Crippen LogP contribution in [0.4, 0.5) is 0 Å². The molecular weight excluding hydrogens is 495 g/mol. The van der Waals surface area contributed by atoms with Crippen molar-refractivity contribution in [3.8, 4) is 0 Å². The maximum absolute atomic E-state index is 12.0. The predicted molar refractivity (Wildman–Crippen MR) is 134 cm³/mol. The van der Waals surface area contributed by atoms with Crippen molar-refractivity contribution in [2.75, 3.05) is 53.9 Å². The van der Waals surface area contributed by atoms with E-state index in [-0.39, 0.29) is 42.3 Å². The number of likely N-dealkylation sites (N-methyl/N-ethyl adjacent to an activating group) is 2. The summed E-state index contributed by atoms with van der Waals surface area (Å²) in [6.45, 7) is 7.67. The number of unbranched alkanes of at least 4 members (excludes halogenated alkanes) is 1. The molecule has 0 bridgehead atoms. The zero-order valence-corrected chi connectivity index (χ0v) is 21.8. The fourth-order valence-electron chi connectivity index (χ4n) is 3.34. The SMILES string of the molecule is CCCCC(CC)CNC(=NCC(=O)N(C)C)NC1CCN(CC(=O)NC)CC1.I. The fourth-order valence-corrected chi connectivity index (χ4v) is 3.34. The van der Waals surface area contributed by atoms with Gasteiger partial charge >= 0.3 is 0 Å². The molecule has 1 aliphatic heterocycles. The molecule has 0 aromatic carbocycles. The lowest BCUT2D eigenvalue weighted by atomic mass is 9.99. The van der Waals surface area contributed by atoms with Crippen LogP contribution in [-0.4, -0.2) is 87.5 Å². The number of amides is 2. The third kappa shape index (κ3) is 11.9. The number of halogens is 1. The third-order valence-corrected chi connectivity index (χ3v) is 5.55. The number of guanidine groups is 1. The minimum Gasteiger partial charge on any atom is -0.358 e. The maximum Gasteiger partial charge on any atom is 0.243 e. The first kappa shape index (κ1) is 28.9. The van der Waals surface area contributed by atoms with E-state index in [1.54, 1.807) is 26.0 Å². The van der Waals surface area contributed by atoms with Crippen molar-refractivity contribution >= 4 is 41.8 Å².